The fourth-order valence-corrected chi connectivity index (χ4v) is 8.23. The Morgan fingerprint density at radius 3 is 1.05 bits per heavy atom. The summed E-state index contributed by atoms with van der Waals surface area (Å²) in [5, 5.41) is 9.71. The number of carbonyl (C=O) groups is 3. The molecular weight excluding hydrogens is 1010 g/mol. The quantitative estimate of drug-likeness (QED) is 0.0211. The Bertz CT molecular complexity index is 1840. The molecule has 0 heterocycles. The first kappa shape index (κ1) is 76.2. The maximum atomic E-state index is 12.9. The van der Waals surface area contributed by atoms with E-state index in [2.05, 4.69) is 160 Å². The van der Waals surface area contributed by atoms with E-state index in [0.29, 0.717) is 17.4 Å². The lowest BCUT2D eigenvalue weighted by molar-refractivity contribution is -0.870. The van der Waals surface area contributed by atoms with Crippen molar-refractivity contribution in [1.29, 1.82) is 0 Å². The van der Waals surface area contributed by atoms with Crippen LogP contribution in [0.4, 0.5) is 0 Å². The van der Waals surface area contributed by atoms with Crippen LogP contribution in [0.5, 0.6) is 0 Å². The van der Waals surface area contributed by atoms with Crippen molar-refractivity contribution < 1.29 is 42.9 Å². The molecule has 0 spiro atoms. The smallest absolute Gasteiger partial charge is 0.361 e. The molecule has 0 rings (SSSR count). The van der Waals surface area contributed by atoms with Crippen molar-refractivity contribution in [2.45, 2.75) is 245 Å². The van der Waals surface area contributed by atoms with Gasteiger partial charge in [-0.15, -0.1) is 0 Å². The highest BCUT2D eigenvalue weighted by atomic mass is 16.7. The second-order valence-electron chi connectivity index (χ2n) is 22.0. The predicted molar refractivity (Wildman–Crippen MR) is 345 cm³/mol. The van der Waals surface area contributed by atoms with Gasteiger partial charge in [0.15, 0.2) is 6.10 Å². The molecule has 2 unspecified atom stereocenters. The molecule has 0 aromatic rings. The van der Waals surface area contributed by atoms with Gasteiger partial charge in [0.2, 0.25) is 0 Å². The summed E-state index contributed by atoms with van der Waals surface area (Å²) < 4.78 is 22.8. The molecule has 0 aliphatic carbocycles. The zero-order valence-electron chi connectivity index (χ0n) is 52.1. The van der Waals surface area contributed by atoms with Crippen LogP contribution in [-0.2, 0) is 33.3 Å². The van der Waals surface area contributed by atoms with Crippen molar-refractivity contribution >= 4 is 17.9 Å². The van der Waals surface area contributed by atoms with Crippen molar-refractivity contribution in [3.63, 3.8) is 0 Å². The number of allylic oxidation sites excluding steroid dienone is 24. The molecular formula is C72H118NO8+. The third-order valence-electron chi connectivity index (χ3n) is 13.1. The summed E-state index contributed by atoms with van der Waals surface area (Å²) in [5.41, 5.74) is 0. The Hall–Kier alpha value is -4.83. The first-order chi connectivity index (χ1) is 39.6. The highest BCUT2D eigenvalue weighted by molar-refractivity contribution is 5.71. The Morgan fingerprint density at radius 1 is 0.383 bits per heavy atom. The van der Waals surface area contributed by atoms with Crippen molar-refractivity contribution in [1.82, 2.24) is 0 Å². The van der Waals surface area contributed by atoms with Crippen molar-refractivity contribution in [2.24, 2.45) is 0 Å². The number of hydrogen-bond donors (Lipinski definition) is 1. The fourth-order valence-electron chi connectivity index (χ4n) is 8.23. The number of unbranched alkanes of at least 4 members (excludes halogenated alkanes) is 18. The van der Waals surface area contributed by atoms with Gasteiger partial charge in [-0.25, -0.2) is 4.79 Å². The lowest BCUT2D eigenvalue weighted by Gasteiger charge is -2.25. The lowest BCUT2D eigenvalue weighted by atomic mass is 10.0. The number of nitrogens with zero attached hydrogens (tertiary/aromatic N) is 1. The van der Waals surface area contributed by atoms with Crippen LogP contribution in [0.3, 0.4) is 0 Å². The van der Waals surface area contributed by atoms with E-state index < -0.39 is 24.3 Å². The maximum Gasteiger partial charge on any atom is 0.361 e. The molecule has 458 valence electrons. The summed E-state index contributed by atoms with van der Waals surface area (Å²) in [6.45, 7) is 4.71. The third kappa shape index (κ3) is 62.6. The van der Waals surface area contributed by atoms with Crippen LogP contribution < -0.4 is 0 Å². The van der Waals surface area contributed by atoms with E-state index in [4.69, 9.17) is 18.9 Å². The van der Waals surface area contributed by atoms with Gasteiger partial charge >= 0.3 is 17.9 Å². The van der Waals surface area contributed by atoms with E-state index in [1.54, 1.807) is 0 Å². The van der Waals surface area contributed by atoms with Gasteiger partial charge in [0.1, 0.15) is 13.2 Å². The molecule has 0 aromatic heterocycles. The predicted octanol–water partition coefficient (Wildman–Crippen LogP) is 19.6. The normalized spacial score (nSPS) is 13.7. The molecule has 9 heteroatoms. The second-order valence-corrected chi connectivity index (χ2v) is 22.0. The molecule has 0 aromatic carbocycles. The van der Waals surface area contributed by atoms with E-state index >= 15 is 0 Å². The molecule has 81 heavy (non-hydrogen) atoms. The summed E-state index contributed by atoms with van der Waals surface area (Å²) in [6, 6.07) is 0. The fraction of sp³-hybridized carbons (Fsp3) is 0.625. The molecule has 0 saturated heterocycles. The van der Waals surface area contributed by atoms with Crippen LogP contribution in [0.2, 0.25) is 0 Å². The molecule has 2 atom stereocenters. The minimum atomic E-state index is -1.53. The lowest BCUT2D eigenvalue weighted by Crippen LogP contribution is -2.40. The number of ether oxygens (including phenoxy) is 4. The van der Waals surface area contributed by atoms with Gasteiger partial charge in [0.25, 0.3) is 6.29 Å². The topological polar surface area (TPSA) is 108 Å². The summed E-state index contributed by atoms with van der Waals surface area (Å²) in [7, 11) is 5.95. The number of carbonyl (C=O) groups excluding carboxylic acids is 2. The maximum absolute atomic E-state index is 12.9. The second kappa shape index (κ2) is 61.2. The molecule has 0 amide bonds. The van der Waals surface area contributed by atoms with Crippen LogP contribution in [0.25, 0.3) is 0 Å². The van der Waals surface area contributed by atoms with Crippen LogP contribution in [0.1, 0.15) is 232 Å². The van der Waals surface area contributed by atoms with Gasteiger partial charge < -0.3 is 28.5 Å². The highest BCUT2D eigenvalue weighted by Crippen LogP contribution is 2.15. The van der Waals surface area contributed by atoms with E-state index in [1.165, 1.54) is 89.9 Å². The summed E-state index contributed by atoms with van der Waals surface area (Å²) in [5.74, 6) is -2.07. The Morgan fingerprint density at radius 2 is 0.704 bits per heavy atom. The zero-order chi connectivity index (χ0) is 59.1. The SMILES string of the molecule is CC/C=C\C/C=C\C/C=C\C/C=C\C/C=C\C/C=C\C/C=C\C/C=C\C/C=C\C/C=C\C/C=C\C/C=C\CCCCC(=O)OC(COC(=O)CCCCCCCCCCCCCCCCCCC)COC(OCC[N+](C)(C)C)C(=O)O. The highest BCUT2D eigenvalue weighted by Gasteiger charge is 2.25. The minimum absolute atomic E-state index is 0.173. The van der Waals surface area contributed by atoms with Gasteiger partial charge in [-0.3, -0.25) is 9.59 Å². The average Bonchev–Trinajstić information content (AvgIpc) is 3.44. The van der Waals surface area contributed by atoms with E-state index in [9.17, 15) is 19.5 Å². The van der Waals surface area contributed by atoms with Gasteiger partial charge in [-0.05, 0) is 103 Å². The van der Waals surface area contributed by atoms with E-state index in [-0.39, 0.29) is 38.6 Å². The monoisotopic (exact) mass is 1120 g/mol. The number of carboxylic acids is 1. The number of aliphatic carboxylic acids is 1. The largest absolute Gasteiger partial charge is 0.477 e. The van der Waals surface area contributed by atoms with Crippen molar-refractivity contribution in [2.75, 3.05) is 47.5 Å². The summed E-state index contributed by atoms with van der Waals surface area (Å²) in [6.07, 6.45) is 86.6. The molecule has 0 bridgehead atoms. The van der Waals surface area contributed by atoms with Crippen molar-refractivity contribution in [3.05, 3.63) is 146 Å². The zero-order valence-corrected chi connectivity index (χ0v) is 52.1. The number of esters is 2. The van der Waals surface area contributed by atoms with Crippen LogP contribution >= 0.6 is 0 Å². The molecule has 0 fully saturated rings. The molecule has 1 N–H and O–H groups in total. The van der Waals surface area contributed by atoms with E-state index in [0.717, 1.165) is 109 Å². The number of hydrogen-bond acceptors (Lipinski definition) is 7. The number of carboxylic acid groups (broad SMARTS) is 1. The van der Waals surface area contributed by atoms with E-state index in [1.807, 2.05) is 21.1 Å². The first-order valence-corrected chi connectivity index (χ1v) is 32.0. The van der Waals surface area contributed by atoms with Crippen LogP contribution in [-0.4, -0.2) is 87.4 Å². The first-order valence-electron chi connectivity index (χ1n) is 32.0. The Balaban J connectivity index is 4.29. The van der Waals surface area contributed by atoms with Gasteiger partial charge in [0, 0.05) is 12.8 Å². The third-order valence-corrected chi connectivity index (χ3v) is 13.1. The molecule has 0 saturated carbocycles. The van der Waals surface area contributed by atoms with Gasteiger partial charge in [-0.2, -0.15) is 0 Å². The Kier molecular flexibility index (Phi) is 57.6. The van der Waals surface area contributed by atoms with Gasteiger partial charge in [0.05, 0.1) is 34.4 Å². The summed E-state index contributed by atoms with van der Waals surface area (Å²) in [4.78, 5) is 37.4. The molecule has 0 radical (unpaired) electrons. The Labute approximate surface area is 496 Å². The van der Waals surface area contributed by atoms with Crippen LogP contribution in [0, 0.1) is 0 Å². The average molecular weight is 1130 g/mol. The van der Waals surface area contributed by atoms with Crippen LogP contribution in [0.15, 0.2) is 146 Å². The summed E-state index contributed by atoms with van der Waals surface area (Å²) >= 11 is 0. The standard InChI is InChI=1S/C72H117NO8/c1-6-8-10-12-14-16-18-20-22-24-25-26-27-28-29-30-31-32-33-34-35-36-37-38-39-40-41-42-43-44-45-47-49-51-53-55-57-59-61-63-70(75)81-68(67-80-72(71(76)77)78-65-64-73(3,4)5)66-79-69(74)62-60-58-56-54-52-50-48-46-23-21-19-17-15-13-11-9-7-2/h8,10,14,16,20,22,25-26,28-29,31-32,34-35,37-38,40-41,43-44,47,49,53,55,68,72H,6-7,9,11-13,15,17-19,21,23-24,27,30,33,36,39,42,45-46,48,50-52,54,56-67H2,1-5H3/p+1/b10-8-,16-14-,22-20-,26-25-,29-28-,32-31-,35-34-,38-37-,41-40-,44-43-,49-47-,55-53-. The number of likely N-dealkylation sites (N-methyl/N-ethyl adjacent to an activating group) is 1. The minimum Gasteiger partial charge on any atom is -0.477 e. The number of rotatable bonds is 57. The number of quaternary nitrogens is 1. The molecule has 0 aliphatic heterocycles. The van der Waals surface area contributed by atoms with Gasteiger partial charge in [-0.1, -0.05) is 262 Å². The molecule has 9 nitrogen and oxygen atoms in total. The van der Waals surface area contributed by atoms with Crippen molar-refractivity contribution in [3.8, 4) is 0 Å². The molecule has 0 aliphatic rings.